The van der Waals surface area contributed by atoms with Gasteiger partial charge in [0.2, 0.25) is 0 Å². The van der Waals surface area contributed by atoms with Crippen molar-refractivity contribution in [2.45, 2.75) is 24.9 Å². The van der Waals surface area contributed by atoms with E-state index in [1.54, 1.807) is 0 Å². The monoisotopic (exact) mass is 444 g/mol. The molecule has 1 aromatic rings. The molecule has 2 aliphatic heterocycles. The van der Waals surface area contributed by atoms with E-state index < -0.39 is 11.2 Å². The van der Waals surface area contributed by atoms with Crippen molar-refractivity contribution in [1.82, 2.24) is 0 Å². The third kappa shape index (κ3) is 1.41. The lowest BCUT2D eigenvalue weighted by molar-refractivity contribution is -0.380. The maximum absolute atomic E-state index is 14.7. The molecular weight excluding hydrogens is 416 g/mol. The van der Waals surface area contributed by atoms with Crippen molar-refractivity contribution in [2.75, 3.05) is 26.4 Å². The van der Waals surface area contributed by atoms with Crippen molar-refractivity contribution in [3.05, 3.63) is 42.0 Å². The number of hydrogen-bond donors (Lipinski definition) is 0. The van der Waals surface area contributed by atoms with E-state index in [4.69, 9.17) is 18.9 Å². The Hall–Kier alpha value is -1.53. The summed E-state index contributed by atoms with van der Waals surface area (Å²) in [5.74, 6) is 3.24. The summed E-state index contributed by atoms with van der Waals surface area (Å²) in [5, 5.41) is 0. The topological polar surface area (TPSA) is 54.0 Å². The maximum atomic E-state index is 14.7. The minimum Gasteiger partial charge on any atom is -0.350 e. The Bertz CT molecular complexity index is 1150. The van der Waals surface area contributed by atoms with Gasteiger partial charge in [-0.2, -0.15) is 0 Å². The Kier molecular flexibility index (Phi) is 2.80. The minimum atomic E-state index is -0.572. The lowest BCUT2D eigenvalue weighted by Gasteiger charge is -2.74. The third-order valence-corrected chi connectivity index (χ3v) is 12.2. The van der Waals surface area contributed by atoms with Crippen LogP contribution in [0.15, 0.2) is 36.4 Å². The van der Waals surface area contributed by atoms with Crippen LogP contribution in [0.4, 0.5) is 0 Å². The van der Waals surface area contributed by atoms with Crippen LogP contribution in [0, 0.1) is 64.1 Å². The molecule has 0 radical (unpaired) electrons. The molecule has 11 atom stereocenters. The Labute approximate surface area is 192 Å². The second-order valence-electron chi connectivity index (χ2n) is 12.2. The van der Waals surface area contributed by atoms with Crippen molar-refractivity contribution in [3.8, 4) is 0 Å². The number of carbonyl (C=O) groups is 1. The van der Waals surface area contributed by atoms with Gasteiger partial charge in [0.05, 0.1) is 31.8 Å². The summed E-state index contributed by atoms with van der Waals surface area (Å²) in [6.45, 7) is 2.58. The van der Waals surface area contributed by atoms with Gasteiger partial charge in [0.1, 0.15) is 5.78 Å². The van der Waals surface area contributed by atoms with E-state index in [1.165, 1.54) is 17.6 Å². The number of rotatable bonds is 2. The summed E-state index contributed by atoms with van der Waals surface area (Å²) in [6.07, 6.45) is 4.54. The molecule has 5 nitrogen and oxygen atoms in total. The number of ketones is 1. The van der Waals surface area contributed by atoms with Crippen LogP contribution in [-0.2, 0) is 23.7 Å². The molecule has 5 heteroatoms. The molecule has 0 amide bonds. The zero-order chi connectivity index (χ0) is 21.3. The summed E-state index contributed by atoms with van der Waals surface area (Å²) in [4.78, 5) is 14.7. The van der Waals surface area contributed by atoms with Crippen LogP contribution in [0.1, 0.15) is 18.4 Å². The molecule has 3 spiro atoms. The fraction of sp³-hybridized carbons (Fsp3) is 0.679. The van der Waals surface area contributed by atoms with E-state index in [0.717, 1.165) is 6.42 Å². The fourth-order valence-corrected chi connectivity index (χ4v) is 12.5. The van der Waals surface area contributed by atoms with Gasteiger partial charge in [-0.05, 0) is 59.5 Å². The largest absolute Gasteiger partial charge is 0.350 e. The van der Waals surface area contributed by atoms with Crippen LogP contribution in [0.3, 0.4) is 0 Å². The van der Waals surface area contributed by atoms with Crippen molar-refractivity contribution in [1.29, 1.82) is 0 Å². The van der Waals surface area contributed by atoms with Gasteiger partial charge in [-0.25, -0.2) is 0 Å². The van der Waals surface area contributed by atoms with E-state index in [9.17, 15) is 4.79 Å². The predicted octanol–water partition coefficient (Wildman–Crippen LogP) is 3.15. The van der Waals surface area contributed by atoms with Crippen molar-refractivity contribution >= 4 is 11.4 Å². The van der Waals surface area contributed by atoms with Crippen molar-refractivity contribution in [2.24, 2.45) is 64.1 Å². The van der Waals surface area contributed by atoms with Gasteiger partial charge in [0.15, 0.2) is 12.1 Å². The first-order valence-corrected chi connectivity index (χ1v) is 13.1. The van der Waals surface area contributed by atoms with Crippen molar-refractivity contribution < 1.29 is 23.7 Å². The average Bonchev–Trinajstić information content (AvgIpc) is 3.64. The predicted molar refractivity (Wildman–Crippen MR) is 115 cm³/mol. The molecule has 33 heavy (non-hydrogen) atoms. The molecule has 9 aliphatic rings. The normalized spacial score (nSPS) is 57.4. The number of allylic oxidation sites excluding steroid dienone is 2. The smallest absolute Gasteiger partial charge is 0.179 e. The number of hydrogen-bond acceptors (Lipinski definition) is 5. The zero-order valence-electron chi connectivity index (χ0n) is 18.5. The number of benzene rings is 1. The molecule has 0 N–H and O–H groups in total. The van der Waals surface area contributed by atoms with Gasteiger partial charge in [-0.15, -0.1) is 0 Å². The third-order valence-electron chi connectivity index (χ3n) is 12.2. The first-order chi connectivity index (χ1) is 16.3. The number of fused-ring (bicyclic) bond motifs is 4. The van der Waals surface area contributed by atoms with Crippen LogP contribution in [0.5, 0.6) is 0 Å². The highest BCUT2D eigenvalue weighted by Gasteiger charge is 3.03. The fourth-order valence-electron chi connectivity index (χ4n) is 12.5. The summed E-state index contributed by atoms with van der Waals surface area (Å²) in [7, 11) is 0. The molecule has 7 aliphatic carbocycles. The molecule has 2 heterocycles. The number of Topliss-reactive ketones (excluding diaryl/α,β-unsaturated/α-hetero) is 1. The Morgan fingerprint density at radius 3 is 2.39 bits per heavy atom. The summed E-state index contributed by atoms with van der Waals surface area (Å²) >= 11 is 0. The van der Waals surface area contributed by atoms with E-state index in [0.29, 0.717) is 67.7 Å². The Morgan fingerprint density at radius 2 is 1.61 bits per heavy atom. The molecule has 8 fully saturated rings. The second-order valence-corrected chi connectivity index (χ2v) is 12.2. The Balaban J connectivity index is 1.29. The van der Waals surface area contributed by atoms with Crippen molar-refractivity contribution in [3.63, 3.8) is 0 Å². The van der Waals surface area contributed by atoms with Crippen LogP contribution in [-0.4, -0.2) is 44.3 Å². The molecule has 2 saturated heterocycles. The average molecular weight is 445 g/mol. The molecule has 4 bridgehead atoms. The minimum absolute atomic E-state index is 0.0638. The highest BCUT2D eigenvalue weighted by molar-refractivity contribution is 5.98. The molecule has 10 rings (SSSR count). The summed E-state index contributed by atoms with van der Waals surface area (Å²) < 4.78 is 26.2. The first kappa shape index (κ1) is 17.8. The molecular formula is C28H28O5. The lowest BCUT2D eigenvalue weighted by atomic mass is 9.28. The molecule has 170 valence electrons. The Morgan fingerprint density at radius 1 is 0.818 bits per heavy atom. The van der Waals surface area contributed by atoms with Crippen LogP contribution in [0.2, 0.25) is 0 Å². The maximum Gasteiger partial charge on any atom is 0.179 e. The highest BCUT2D eigenvalue weighted by atomic mass is 16.7. The van der Waals surface area contributed by atoms with Crippen LogP contribution in [0.25, 0.3) is 5.57 Å². The standard InChI is InChI=1S/C28H28O5/c29-24-19-17-12-18-20(19)28(32-8-9-33-28)27-14-10-15(13-4-2-1-3-5-13)16(11-14)23(25-30-6-7-31-25)26(24,27)21(17)22(18)27/h1-5,10,14,16-23,25H,6-9,11-12H2/t14-,16-,17-,18+,19-,20+,21+,22-,23-,26+,27-/m1/s1. The van der Waals surface area contributed by atoms with Gasteiger partial charge in [0.25, 0.3) is 0 Å². The number of ether oxygens (including phenoxy) is 4. The van der Waals surface area contributed by atoms with Gasteiger partial charge in [0, 0.05) is 23.2 Å². The van der Waals surface area contributed by atoms with Crippen LogP contribution < -0.4 is 0 Å². The highest BCUT2D eigenvalue weighted by Crippen LogP contribution is 2.99. The zero-order valence-corrected chi connectivity index (χ0v) is 18.5. The second kappa shape index (κ2) is 5.18. The SMILES string of the molecule is O=C1[C@@H]2[C@H]3C[C@H]4[C@@H]2C2(OCCO2)[C@]25[C@H]4[C@H]3[C@]12[C@@H](C1OCCO1)[C@@H]1C[C@H]5C=C1c1ccccc1. The summed E-state index contributed by atoms with van der Waals surface area (Å²) in [5.41, 5.74) is 2.05. The number of carbonyl (C=O) groups excluding carboxylic acids is 1. The molecule has 1 aromatic carbocycles. The first-order valence-electron chi connectivity index (χ1n) is 13.1. The lowest BCUT2D eigenvalue weighted by Crippen LogP contribution is -2.81. The molecule has 6 saturated carbocycles. The van der Waals surface area contributed by atoms with Gasteiger partial charge in [-0.1, -0.05) is 36.4 Å². The van der Waals surface area contributed by atoms with Gasteiger partial charge >= 0.3 is 0 Å². The van der Waals surface area contributed by atoms with E-state index in [1.807, 2.05) is 0 Å². The quantitative estimate of drug-likeness (QED) is 0.702. The summed E-state index contributed by atoms with van der Waals surface area (Å²) in [6, 6.07) is 10.8. The van der Waals surface area contributed by atoms with Gasteiger partial charge in [-0.3, -0.25) is 4.79 Å². The molecule has 0 unspecified atom stereocenters. The van der Waals surface area contributed by atoms with Crippen LogP contribution >= 0.6 is 0 Å². The van der Waals surface area contributed by atoms with E-state index in [2.05, 4.69) is 36.4 Å². The molecule has 0 aromatic heterocycles. The van der Waals surface area contributed by atoms with E-state index >= 15 is 0 Å². The van der Waals surface area contributed by atoms with Gasteiger partial charge < -0.3 is 18.9 Å². The van der Waals surface area contributed by atoms with E-state index in [-0.39, 0.29) is 29.5 Å².